The lowest BCUT2D eigenvalue weighted by Crippen LogP contribution is -2.11. The maximum atomic E-state index is 10.5. The fraction of sp³-hybridized carbons (Fsp3) is 0.571. The van der Waals surface area contributed by atoms with Crippen molar-refractivity contribution >= 4 is 21.9 Å². The van der Waals surface area contributed by atoms with Crippen LogP contribution in [0.1, 0.15) is 6.92 Å². The highest BCUT2D eigenvalue weighted by Crippen LogP contribution is 1.94. The molecule has 0 aliphatic rings. The summed E-state index contributed by atoms with van der Waals surface area (Å²) in [5.74, 6) is 2.18. The molecule has 1 atom stereocenters. The first-order valence-corrected chi connectivity index (χ1v) is 4.00. The number of alkyl halides is 1. The molecule has 56 valence electrons. The first-order chi connectivity index (χ1) is 4.70. The number of halogens is 1. The third-order valence-corrected chi connectivity index (χ3v) is 1.35. The van der Waals surface area contributed by atoms with E-state index in [0.717, 1.165) is 0 Å². The Morgan fingerprint density at radius 1 is 1.90 bits per heavy atom. The van der Waals surface area contributed by atoms with Crippen LogP contribution < -0.4 is 0 Å². The molecule has 0 aromatic carbocycles. The zero-order valence-corrected chi connectivity index (χ0v) is 7.35. The van der Waals surface area contributed by atoms with Crippen molar-refractivity contribution in [2.24, 2.45) is 5.92 Å². The van der Waals surface area contributed by atoms with Gasteiger partial charge in [0.15, 0.2) is 0 Å². The number of terminal acetylenes is 1. The summed E-state index contributed by atoms with van der Waals surface area (Å²) in [4.78, 5) is 10.5. The van der Waals surface area contributed by atoms with E-state index in [9.17, 15) is 4.79 Å². The molecule has 0 aliphatic heterocycles. The smallest absolute Gasteiger partial charge is 0.316 e. The number of hydrogen-bond acceptors (Lipinski definition) is 2. The molecule has 10 heavy (non-hydrogen) atoms. The SMILES string of the molecule is C#CC(C)COC(=O)CBr. The van der Waals surface area contributed by atoms with Crippen molar-refractivity contribution < 1.29 is 9.53 Å². The van der Waals surface area contributed by atoms with E-state index >= 15 is 0 Å². The molecule has 0 radical (unpaired) electrons. The molecule has 0 bridgehead atoms. The molecule has 0 aliphatic carbocycles. The van der Waals surface area contributed by atoms with Crippen LogP contribution in [0.3, 0.4) is 0 Å². The van der Waals surface area contributed by atoms with Gasteiger partial charge in [0.05, 0.1) is 5.92 Å². The summed E-state index contributed by atoms with van der Waals surface area (Å²) in [5, 5.41) is 0.226. The third-order valence-electron chi connectivity index (χ3n) is 0.888. The van der Waals surface area contributed by atoms with Gasteiger partial charge in [-0.05, 0) is 6.92 Å². The molecule has 0 saturated heterocycles. The van der Waals surface area contributed by atoms with Gasteiger partial charge in [0.2, 0.25) is 0 Å². The van der Waals surface area contributed by atoms with E-state index in [0.29, 0.717) is 6.61 Å². The van der Waals surface area contributed by atoms with Crippen LogP contribution in [-0.2, 0) is 9.53 Å². The minimum absolute atomic E-state index is 0.00278. The number of esters is 1. The summed E-state index contributed by atoms with van der Waals surface area (Å²) in [7, 11) is 0. The highest BCUT2D eigenvalue weighted by atomic mass is 79.9. The average Bonchev–Trinajstić information content (AvgIpc) is 1.99. The second-order valence-electron chi connectivity index (χ2n) is 1.88. The molecule has 2 nitrogen and oxygen atoms in total. The zero-order valence-electron chi connectivity index (χ0n) is 5.76. The van der Waals surface area contributed by atoms with Crippen LogP contribution in [0.5, 0.6) is 0 Å². The summed E-state index contributed by atoms with van der Waals surface area (Å²) in [6.45, 7) is 2.13. The molecule has 1 unspecified atom stereocenters. The largest absolute Gasteiger partial charge is 0.464 e. The second-order valence-corrected chi connectivity index (χ2v) is 2.45. The summed E-state index contributed by atoms with van der Waals surface area (Å²) >= 11 is 2.96. The lowest BCUT2D eigenvalue weighted by atomic mass is 10.2. The van der Waals surface area contributed by atoms with Gasteiger partial charge in [0.25, 0.3) is 0 Å². The van der Waals surface area contributed by atoms with Crippen LogP contribution in [0, 0.1) is 18.3 Å². The molecule has 0 fully saturated rings. The predicted octanol–water partition coefficient (Wildman–Crippen LogP) is 1.19. The summed E-state index contributed by atoms with van der Waals surface area (Å²) in [6.07, 6.45) is 5.05. The average molecular weight is 205 g/mol. The number of hydrogen-bond donors (Lipinski definition) is 0. The predicted molar refractivity (Wildman–Crippen MR) is 42.8 cm³/mol. The van der Waals surface area contributed by atoms with Crippen LogP contribution in [0.15, 0.2) is 0 Å². The normalized spacial score (nSPS) is 11.7. The molecular weight excluding hydrogens is 196 g/mol. The van der Waals surface area contributed by atoms with Crippen molar-refractivity contribution in [3.8, 4) is 12.3 Å². The van der Waals surface area contributed by atoms with E-state index < -0.39 is 0 Å². The van der Waals surface area contributed by atoms with Crippen LogP contribution in [0.25, 0.3) is 0 Å². The molecule has 0 saturated carbocycles. The van der Waals surface area contributed by atoms with E-state index in [2.05, 4.69) is 21.9 Å². The van der Waals surface area contributed by atoms with E-state index in [1.807, 2.05) is 6.92 Å². The summed E-state index contributed by atoms with van der Waals surface area (Å²) < 4.78 is 4.72. The molecule has 0 heterocycles. The molecule has 0 aromatic rings. The number of ether oxygens (including phenoxy) is 1. The first kappa shape index (κ1) is 9.51. The highest BCUT2D eigenvalue weighted by molar-refractivity contribution is 9.09. The van der Waals surface area contributed by atoms with E-state index in [1.165, 1.54) is 0 Å². The first-order valence-electron chi connectivity index (χ1n) is 2.88. The number of carbonyl (C=O) groups is 1. The minimum atomic E-state index is -0.276. The summed E-state index contributed by atoms with van der Waals surface area (Å²) in [6, 6.07) is 0. The molecule has 0 rings (SSSR count). The highest BCUT2D eigenvalue weighted by Gasteiger charge is 2.01. The Labute approximate surface area is 69.1 Å². The molecular formula is C7H9BrO2. The van der Waals surface area contributed by atoms with E-state index in [4.69, 9.17) is 11.2 Å². The van der Waals surface area contributed by atoms with Crippen molar-refractivity contribution in [2.45, 2.75) is 6.92 Å². The quantitative estimate of drug-likeness (QED) is 0.393. The Balaban J connectivity index is 3.37. The standard InChI is InChI=1S/C7H9BrO2/c1-3-6(2)5-10-7(9)4-8/h1,6H,4-5H2,2H3. The number of carbonyl (C=O) groups excluding carboxylic acids is 1. The lowest BCUT2D eigenvalue weighted by Gasteiger charge is -2.03. The van der Waals surface area contributed by atoms with Crippen molar-refractivity contribution in [1.29, 1.82) is 0 Å². The zero-order chi connectivity index (χ0) is 7.98. The molecule has 0 N–H and O–H groups in total. The third kappa shape index (κ3) is 4.39. The van der Waals surface area contributed by atoms with E-state index in [-0.39, 0.29) is 17.2 Å². The molecule has 0 aromatic heterocycles. The van der Waals surface area contributed by atoms with Crippen molar-refractivity contribution in [3.63, 3.8) is 0 Å². The van der Waals surface area contributed by atoms with Crippen LogP contribution in [0.2, 0.25) is 0 Å². The van der Waals surface area contributed by atoms with Gasteiger partial charge in [-0.1, -0.05) is 15.9 Å². The molecule has 3 heteroatoms. The Morgan fingerprint density at radius 2 is 2.50 bits per heavy atom. The van der Waals surface area contributed by atoms with Gasteiger partial charge >= 0.3 is 5.97 Å². The molecule has 0 spiro atoms. The Hall–Kier alpha value is -0.490. The van der Waals surface area contributed by atoms with Gasteiger partial charge in [-0.15, -0.1) is 12.3 Å². The van der Waals surface area contributed by atoms with Crippen molar-refractivity contribution in [1.82, 2.24) is 0 Å². The van der Waals surface area contributed by atoms with Crippen LogP contribution in [-0.4, -0.2) is 17.9 Å². The van der Waals surface area contributed by atoms with Crippen LogP contribution >= 0.6 is 15.9 Å². The Morgan fingerprint density at radius 3 is 2.90 bits per heavy atom. The lowest BCUT2D eigenvalue weighted by molar-refractivity contribution is -0.140. The maximum Gasteiger partial charge on any atom is 0.316 e. The monoisotopic (exact) mass is 204 g/mol. The van der Waals surface area contributed by atoms with Crippen molar-refractivity contribution in [2.75, 3.05) is 11.9 Å². The van der Waals surface area contributed by atoms with Gasteiger partial charge in [0, 0.05) is 0 Å². The van der Waals surface area contributed by atoms with Gasteiger partial charge in [-0.25, -0.2) is 0 Å². The van der Waals surface area contributed by atoms with Crippen molar-refractivity contribution in [3.05, 3.63) is 0 Å². The van der Waals surface area contributed by atoms with E-state index in [1.54, 1.807) is 0 Å². The van der Waals surface area contributed by atoms with Gasteiger partial charge in [-0.2, -0.15) is 0 Å². The van der Waals surface area contributed by atoms with Gasteiger partial charge < -0.3 is 4.74 Å². The Bertz CT molecular complexity index is 148. The second kappa shape index (κ2) is 5.31. The van der Waals surface area contributed by atoms with Gasteiger partial charge in [-0.3, -0.25) is 4.79 Å². The number of rotatable bonds is 3. The Kier molecular flexibility index (Phi) is 5.05. The fourth-order valence-corrected chi connectivity index (χ4v) is 0.467. The summed E-state index contributed by atoms with van der Waals surface area (Å²) in [5.41, 5.74) is 0. The van der Waals surface area contributed by atoms with Gasteiger partial charge in [0.1, 0.15) is 11.9 Å². The fourth-order valence-electron chi connectivity index (χ4n) is 0.305. The minimum Gasteiger partial charge on any atom is -0.464 e. The maximum absolute atomic E-state index is 10.5. The molecule has 0 amide bonds. The topological polar surface area (TPSA) is 26.3 Å². The van der Waals surface area contributed by atoms with Crippen LogP contribution in [0.4, 0.5) is 0 Å².